The van der Waals surface area contributed by atoms with Crippen molar-refractivity contribution < 1.29 is 18.7 Å². The van der Waals surface area contributed by atoms with Gasteiger partial charge in [-0.2, -0.15) is 0 Å². The van der Waals surface area contributed by atoms with Crippen LogP contribution in [0.3, 0.4) is 0 Å². The molecule has 1 amide bonds. The van der Waals surface area contributed by atoms with E-state index in [2.05, 4.69) is 15.6 Å². The summed E-state index contributed by atoms with van der Waals surface area (Å²) in [7, 11) is 0. The lowest BCUT2D eigenvalue weighted by Crippen LogP contribution is -2.45. The van der Waals surface area contributed by atoms with Gasteiger partial charge in [-0.1, -0.05) is 6.07 Å². The highest BCUT2D eigenvalue weighted by Crippen LogP contribution is 2.22. The van der Waals surface area contributed by atoms with Gasteiger partial charge < -0.3 is 20.1 Å². The highest BCUT2D eigenvalue weighted by atomic mass is 19.1. The molecule has 1 aromatic heterocycles. The zero-order chi connectivity index (χ0) is 16.8. The molecule has 1 unspecified atom stereocenters. The molecule has 0 saturated carbocycles. The summed E-state index contributed by atoms with van der Waals surface area (Å²) in [5.41, 5.74) is 1.06. The molecular weight excluding hydrogens is 313 g/mol. The van der Waals surface area contributed by atoms with E-state index in [9.17, 15) is 9.18 Å². The van der Waals surface area contributed by atoms with E-state index in [0.29, 0.717) is 24.5 Å². The number of anilines is 1. The number of benzene rings is 1. The third kappa shape index (κ3) is 4.27. The third-order valence-electron chi connectivity index (χ3n) is 3.52. The van der Waals surface area contributed by atoms with Gasteiger partial charge in [0.15, 0.2) is 11.6 Å². The SMILES string of the molecule is O=C(Nc1ccc(OCc2ccccn2)c(F)c1)C1CNCCO1. The summed E-state index contributed by atoms with van der Waals surface area (Å²) in [6.45, 7) is 1.82. The number of nitrogens with zero attached hydrogens (tertiary/aromatic N) is 1. The van der Waals surface area contributed by atoms with Gasteiger partial charge in [0.1, 0.15) is 12.7 Å². The summed E-state index contributed by atoms with van der Waals surface area (Å²) >= 11 is 0. The van der Waals surface area contributed by atoms with E-state index in [4.69, 9.17) is 9.47 Å². The van der Waals surface area contributed by atoms with Crippen LogP contribution < -0.4 is 15.4 Å². The van der Waals surface area contributed by atoms with Crippen LogP contribution in [0.25, 0.3) is 0 Å². The zero-order valence-electron chi connectivity index (χ0n) is 13.0. The highest BCUT2D eigenvalue weighted by molar-refractivity contribution is 5.94. The third-order valence-corrected chi connectivity index (χ3v) is 3.52. The topological polar surface area (TPSA) is 72.5 Å². The number of rotatable bonds is 5. The molecule has 2 heterocycles. The molecule has 0 bridgehead atoms. The van der Waals surface area contributed by atoms with Crippen LogP contribution in [-0.2, 0) is 16.1 Å². The number of aromatic nitrogens is 1. The largest absolute Gasteiger partial charge is 0.484 e. The van der Waals surface area contributed by atoms with Gasteiger partial charge in [0.05, 0.1) is 12.3 Å². The fraction of sp³-hybridized carbons (Fsp3) is 0.294. The van der Waals surface area contributed by atoms with Crippen molar-refractivity contribution >= 4 is 11.6 Å². The maximum atomic E-state index is 14.1. The Morgan fingerprint density at radius 1 is 1.42 bits per heavy atom. The van der Waals surface area contributed by atoms with Crippen molar-refractivity contribution in [3.8, 4) is 5.75 Å². The minimum atomic E-state index is -0.568. The molecule has 7 heteroatoms. The first-order valence-corrected chi connectivity index (χ1v) is 7.68. The fourth-order valence-corrected chi connectivity index (χ4v) is 2.29. The second kappa shape index (κ2) is 7.85. The molecule has 0 aliphatic carbocycles. The van der Waals surface area contributed by atoms with Crippen LogP contribution in [0.1, 0.15) is 5.69 Å². The summed E-state index contributed by atoms with van der Waals surface area (Å²) in [6, 6.07) is 9.72. The lowest BCUT2D eigenvalue weighted by Gasteiger charge is -2.22. The summed E-state index contributed by atoms with van der Waals surface area (Å²) in [6.07, 6.45) is 1.08. The number of carbonyl (C=O) groups is 1. The Balaban J connectivity index is 1.58. The minimum absolute atomic E-state index is 0.106. The Morgan fingerprint density at radius 2 is 2.33 bits per heavy atom. The van der Waals surface area contributed by atoms with Gasteiger partial charge in [0.25, 0.3) is 5.91 Å². The highest BCUT2D eigenvalue weighted by Gasteiger charge is 2.22. The molecule has 24 heavy (non-hydrogen) atoms. The number of amides is 1. The van der Waals surface area contributed by atoms with Crippen molar-refractivity contribution in [2.45, 2.75) is 12.7 Å². The van der Waals surface area contributed by atoms with Crippen LogP contribution >= 0.6 is 0 Å². The molecule has 1 saturated heterocycles. The Hall–Kier alpha value is -2.51. The molecule has 126 valence electrons. The first-order chi connectivity index (χ1) is 11.7. The lowest BCUT2D eigenvalue weighted by molar-refractivity contribution is -0.128. The molecule has 0 radical (unpaired) electrons. The van der Waals surface area contributed by atoms with Crippen molar-refractivity contribution in [2.24, 2.45) is 0 Å². The summed E-state index contributed by atoms with van der Waals surface area (Å²) in [5.74, 6) is -0.746. The number of morpholine rings is 1. The Kier molecular flexibility index (Phi) is 5.35. The van der Waals surface area contributed by atoms with Gasteiger partial charge in [0.2, 0.25) is 0 Å². The van der Waals surface area contributed by atoms with E-state index in [0.717, 1.165) is 6.54 Å². The van der Waals surface area contributed by atoms with Gasteiger partial charge in [-0.15, -0.1) is 0 Å². The molecular formula is C17H18FN3O3. The number of ether oxygens (including phenoxy) is 2. The van der Waals surface area contributed by atoms with Crippen LogP contribution in [0.15, 0.2) is 42.6 Å². The molecule has 6 nitrogen and oxygen atoms in total. The van der Waals surface area contributed by atoms with Gasteiger partial charge in [-0.3, -0.25) is 9.78 Å². The minimum Gasteiger partial charge on any atom is -0.484 e. The zero-order valence-corrected chi connectivity index (χ0v) is 13.0. The smallest absolute Gasteiger partial charge is 0.254 e. The quantitative estimate of drug-likeness (QED) is 0.873. The summed E-state index contributed by atoms with van der Waals surface area (Å²) < 4.78 is 24.9. The monoisotopic (exact) mass is 331 g/mol. The first kappa shape index (κ1) is 16.4. The lowest BCUT2D eigenvalue weighted by atomic mass is 10.2. The van der Waals surface area contributed by atoms with Crippen LogP contribution in [0, 0.1) is 5.82 Å². The number of nitrogens with one attached hydrogen (secondary N) is 2. The number of hydrogen-bond donors (Lipinski definition) is 2. The molecule has 2 aromatic rings. The van der Waals surface area contributed by atoms with Crippen LogP contribution in [0.4, 0.5) is 10.1 Å². The predicted octanol–water partition coefficient (Wildman–Crippen LogP) is 1.73. The van der Waals surface area contributed by atoms with Gasteiger partial charge in [0, 0.05) is 31.0 Å². The maximum Gasteiger partial charge on any atom is 0.254 e. The van der Waals surface area contributed by atoms with Crippen molar-refractivity contribution in [1.82, 2.24) is 10.3 Å². The van der Waals surface area contributed by atoms with Gasteiger partial charge in [-0.05, 0) is 24.3 Å². The predicted molar refractivity (Wildman–Crippen MR) is 86.2 cm³/mol. The van der Waals surface area contributed by atoms with Crippen molar-refractivity contribution in [3.63, 3.8) is 0 Å². The maximum absolute atomic E-state index is 14.1. The fourth-order valence-electron chi connectivity index (χ4n) is 2.29. The number of carbonyl (C=O) groups excluding carboxylic acids is 1. The van der Waals surface area contributed by atoms with Crippen molar-refractivity contribution in [2.75, 3.05) is 25.0 Å². The van der Waals surface area contributed by atoms with E-state index in [-0.39, 0.29) is 18.3 Å². The molecule has 3 rings (SSSR count). The Bertz CT molecular complexity index is 691. The number of hydrogen-bond acceptors (Lipinski definition) is 5. The summed E-state index contributed by atoms with van der Waals surface area (Å²) in [4.78, 5) is 16.1. The van der Waals surface area contributed by atoms with E-state index in [1.165, 1.54) is 12.1 Å². The normalized spacial score (nSPS) is 17.3. The second-order valence-electron chi connectivity index (χ2n) is 5.31. The standard InChI is InChI=1S/C17H18FN3O3/c18-14-9-12(21-17(22)16-10-19-7-8-23-16)4-5-15(14)24-11-13-3-1-2-6-20-13/h1-6,9,16,19H,7-8,10-11H2,(H,21,22). The van der Waals surface area contributed by atoms with E-state index in [1.807, 2.05) is 6.07 Å². The number of pyridine rings is 1. The van der Waals surface area contributed by atoms with Gasteiger partial charge in [-0.25, -0.2) is 4.39 Å². The van der Waals surface area contributed by atoms with Crippen molar-refractivity contribution in [1.29, 1.82) is 0 Å². The molecule has 1 aliphatic heterocycles. The van der Waals surface area contributed by atoms with E-state index in [1.54, 1.807) is 24.4 Å². The Labute approximate surface area is 139 Å². The molecule has 1 aromatic carbocycles. The van der Waals surface area contributed by atoms with Crippen molar-refractivity contribution in [3.05, 3.63) is 54.1 Å². The van der Waals surface area contributed by atoms with Crippen LogP contribution in [0.2, 0.25) is 0 Å². The van der Waals surface area contributed by atoms with Crippen LogP contribution in [0.5, 0.6) is 5.75 Å². The summed E-state index contributed by atoms with van der Waals surface area (Å²) in [5, 5.41) is 5.71. The first-order valence-electron chi connectivity index (χ1n) is 7.68. The molecule has 1 atom stereocenters. The average Bonchev–Trinajstić information content (AvgIpc) is 2.62. The van der Waals surface area contributed by atoms with E-state index < -0.39 is 11.9 Å². The number of halogens is 1. The average molecular weight is 331 g/mol. The second-order valence-corrected chi connectivity index (χ2v) is 5.31. The molecule has 2 N–H and O–H groups in total. The molecule has 1 fully saturated rings. The Morgan fingerprint density at radius 3 is 3.04 bits per heavy atom. The molecule has 1 aliphatic rings. The van der Waals surface area contributed by atoms with Crippen LogP contribution in [-0.4, -0.2) is 36.7 Å². The molecule has 0 spiro atoms. The van der Waals surface area contributed by atoms with E-state index >= 15 is 0 Å². The van der Waals surface area contributed by atoms with Gasteiger partial charge >= 0.3 is 0 Å².